The number of aliphatic hydroxyl groups is 1. The van der Waals surface area contributed by atoms with E-state index in [2.05, 4.69) is 12.2 Å². The van der Waals surface area contributed by atoms with Crippen molar-refractivity contribution in [2.24, 2.45) is 5.92 Å². The summed E-state index contributed by atoms with van der Waals surface area (Å²) in [6, 6.07) is 1.50. The van der Waals surface area contributed by atoms with Crippen LogP contribution in [-0.2, 0) is 6.54 Å². The van der Waals surface area contributed by atoms with Gasteiger partial charge < -0.3 is 19.9 Å². The fraction of sp³-hybridized carbons (Fsp3) is 0.643. The van der Waals surface area contributed by atoms with Crippen molar-refractivity contribution < 1.29 is 19.4 Å². The van der Waals surface area contributed by atoms with Gasteiger partial charge in [0.25, 0.3) is 0 Å². The number of hydrogen-bond donors (Lipinski definition) is 3. The highest BCUT2D eigenvalue weighted by Crippen LogP contribution is 2.31. The Bertz CT molecular complexity index is 432. The normalized spacial score (nSPS) is 27.4. The van der Waals surface area contributed by atoms with E-state index in [1.165, 1.54) is 12.3 Å². The molecule has 0 bridgehead atoms. The summed E-state index contributed by atoms with van der Waals surface area (Å²) < 4.78 is 5.14. The van der Waals surface area contributed by atoms with Gasteiger partial charge in [-0.2, -0.15) is 0 Å². The van der Waals surface area contributed by atoms with Crippen LogP contribution in [-0.4, -0.2) is 28.3 Å². The van der Waals surface area contributed by atoms with Gasteiger partial charge in [-0.15, -0.1) is 0 Å². The van der Waals surface area contributed by atoms with Crippen molar-refractivity contribution in [3.8, 4) is 0 Å². The maximum absolute atomic E-state index is 10.7. The molecule has 1 fully saturated rings. The molecule has 1 aromatic rings. The third kappa shape index (κ3) is 3.81. The molecule has 1 aromatic heterocycles. The molecule has 0 amide bonds. The Hall–Kier alpha value is -1.33. The van der Waals surface area contributed by atoms with E-state index in [9.17, 15) is 9.90 Å². The van der Waals surface area contributed by atoms with Crippen LogP contribution in [0.5, 0.6) is 0 Å². The monoisotopic (exact) mass is 267 g/mol. The second-order valence-corrected chi connectivity index (χ2v) is 5.62. The number of nitrogens with one attached hydrogen (secondary N) is 1. The van der Waals surface area contributed by atoms with Gasteiger partial charge in [0.1, 0.15) is 12.0 Å². The minimum atomic E-state index is -0.991. The van der Waals surface area contributed by atoms with Gasteiger partial charge in [-0.3, -0.25) is 0 Å². The molecule has 3 N–H and O–H groups in total. The molecule has 1 saturated carbocycles. The first kappa shape index (κ1) is 14.1. The van der Waals surface area contributed by atoms with E-state index in [4.69, 9.17) is 9.52 Å². The van der Waals surface area contributed by atoms with E-state index in [1.54, 1.807) is 0 Å². The standard InChI is InChI=1S/C14H21NO4/c1-10-2-4-14(18,5-3-10)9-15-7-12-6-11(8-19-12)13(16)17/h6,8,10,15,18H,2-5,7,9H2,1H3,(H,16,17). The van der Waals surface area contributed by atoms with Crippen LogP contribution >= 0.6 is 0 Å². The van der Waals surface area contributed by atoms with Crippen LogP contribution in [0.3, 0.4) is 0 Å². The quantitative estimate of drug-likeness (QED) is 0.760. The first-order valence-corrected chi connectivity index (χ1v) is 6.72. The zero-order valence-electron chi connectivity index (χ0n) is 11.2. The van der Waals surface area contributed by atoms with E-state index in [0.717, 1.165) is 25.7 Å². The van der Waals surface area contributed by atoms with Crippen molar-refractivity contribution in [2.45, 2.75) is 44.8 Å². The van der Waals surface area contributed by atoms with E-state index in [0.29, 0.717) is 24.8 Å². The second-order valence-electron chi connectivity index (χ2n) is 5.62. The third-order valence-corrected chi connectivity index (χ3v) is 3.86. The molecule has 0 unspecified atom stereocenters. The second kappa shape index (κ2) is 5.75. The number of furan rings is 1. The number of carboxylic acid groups (broad SMARTS) is 1. The summed E-state index contributed by atoms with van der Waals surface area (Å²) in [5, 5.41) is 22.3. The molecule has 2 rings (SSSR count). The number of hydrogen-bond acceptors (Lipinski definition) is 4. The van der Waals surface area contributed by atoms with Gasteiger partial charge in [-0.25, -0.2) is 4.79 Å². The van der Waals surface area contributed by atoms with Crippen LogP contribution in [0.15, 0.2) is 16.7 Å². The lowest BCUT2D eigenvalue weighted by Gasteiger charge is -2.35. The lowest BCUT2D eigenvalue weighted by Crippen LogP contribution is -2.43. The molecule has 0 radical (unpaired) electrons. The molecule has 0 aromatic carbocycles. The van der Waals surface area contributed by atoms with Crippen LogP contribution in [0, 0.1) is 5.92 Å². The third-order valence-electron chi connectivity index (χ3n) is 3.86. The Morgan fingerprint density at radius 1 is 1.53 bits per heavy atom. The average Bonchev–Trinajstić information content (AvgIpc) is 2.82. The van der Waals surface area contributed by atoms with E-state index >= 15 is 0 Å². The summed E-state index contributed by atoms with van der Waals surface area (Å²) in [6.45, 7) is 3.16. The van der Waals surface area contributed by atoms with Crippen LogP contribution in [0.2, 0.25) is 0 Å². The van der Waals surface area contributed by atoms with Gasteiger partial charge in [0.2, 0.25) is 0 Å². The van der Waals surface area contributed by atoms with E-state index in [1.807, 2.05) is 0 Å². The molecule has 0 aliphatic heterocycles. The maximum Gasteiger partial charge on any atom is 0.338 e. The first-order valence-electron chi connectivity index (χ1n) is 6.72. The van der Waals surface area contributed by atoms with E-state index in [-0.39, 0.29) is 5.56 Å². The Morgan fingerprint density at radius 3 is 2.79 bits per heavy atom. The fourth-order valence-corrected chi connectivity index (χ4v) is 2.48. The molecule has 0 spiro atoms. The number of carbonyl (C=O) groups is 1. The first-order chi connectivity index (χ1) is 8.98. The summed E-state index contributed by atoms with van der Waals surface area (Å²) in [6.07, 6.45) is 4.99. The van der Waals surface area contributed by atoms with Crippen molar-refractivity contribution in [1.29, 1.82) is 0 Å². The Morgan fingerprint density at radius 2 is 2.21 bits per heavy atom. The molecule has 1 heterocycles. The van der Waals surface area contributed by atoms with Gasteiger partial charge in [-0.05, 0) is 37.7 Å². The minimum Gasteiger partial charge on any atom is -0.478 e. The molecular weight excluding hydrogens is 246 g/mol. The topological polar surface area (TPSA) is 82.7 Å². The summed E-state index contributed by atoms with van der Waals surface area (Å²) in [4.78, 5) is 10.7. The molecule has 0 saturated heterocycles. The highest BCUT2D eigenvalue weighted by molar-refractivity contribution is 5.87. The van der Waals surface area contributed by atoms with Gasteiger partial charge in [0, 0.05) is 6.54 Å². The predicted octanol–water partition coefficient (Wildman–Crippen LogP) is 2.01. The van der Waals surface area contributed by atoms with Crippen LogP contribution in [0.4, 0.5) is 0 Å². The molecule has 5 heteroatoms. The van der Waals surface area contributed by atoms with Gasteiger partial charge in [0.15, 0.2) is 0 Å². The zero-order valence-corrected chi connectivity index (χ0v) is 11.2. The molecule has 0 atom stereocenters. The smallest absolute Gasteiger partial charge is 0.338 e. The van der Waals surface area contributed by atoms with E-state index < -0.39 is 11.6 Å². The van der Waals surface area contributed by atoms with Crippen LogP contribution in [0.25, 0.3) is 0 Å². The molecule has 106 valence electrons. The van der Waals surface area contributed by atoms with Crippen molar-refractivity contribution in [3.05, 3.63) is 23.7 Å². The van der Waals surface area contributed by atoms with Crippen molar-refractivity contribution in [2.75, 3.05) is 6.54 Å². The predicted molar refractivity (Wildman–Crippen MR) is 70.0 cm³/mol. The molecule has 5 nitrogen and oxygen atoms in total. The summed E-state index contributed by atoms with van der Waals surface area (Å²) in [7, 11) is 0. The molecule has 1 aliphatic rings. The lowest BCUT2D eigenvalue weighted by atomic mass is 9.79. The van der Waals surface area contributed by atoms with Crippen molar-refractivity contribution in [3.63, 3.8) is 0 Å². The van der Waals surface area contributed by atoms with Crippen LogP contribution < -0.4 is 5.32 Å². The van der Waals surface area contributed by atoms with Gasteiger partial charge >= 0.3 is 5.97 Å². The fourth-order valence-electron chi connectivity index (χ4n) is 2.48. The molecule has 19 heavy (non-hydrogen) atoms. The highest BCUT2D eigenvalue weighted by atomic mass is 16.4. The van der Waals surface area contributed by atoms with Crippen molar-refractivity contribution >= 4 is 5.97 Å². The van der Waals surface area contributed by atoms with Crippen LogP contribution in [0.1, 0.15) is 48.7 Å². The Labute approximate surface area is 112 Å². The van der Waals surface area contributed by atoms with Gasteiger partial charge in [-0.1, -0.05) is 6.92 Å². The molecular formula is C14H21NO4. The van der Waals surface area contributed by atoms with Gasteiger partial charge in [0.05, 0.1) is 17.7 Å². The SMILES string of the molecule is CC1CCC(O)(CNCc2cc(C(=O)O)co2)CC1. The summed E-state index contributed by atoms with van der Waals surface area (Å²) in [5.41, 5.74) is -0.476. The maximum atomic E-state index is 10.7. The Balaban J connectivity index is 1.78. The lowest BCUT2D eigenvalue weighted by molar-refractivity contribution is -0.00657. The minimum absolute atomic E-state index is 0.155. The largest absolute Gasteiger partial charge is 0.478 e. The highest BCUT2D eigenvalue weighted by Gasteiger charge is 2.31. The zero-order chi connectivity index (χ0) is 13.9. The number of rotatable bonds is 5. The molecule has 1 aliphatic carbocycles. The summed E-state index contributed by atoms with van der Waals surface area (Å²) >= 11 is 0. The number of aromatic carboxylic acids is 1. The summed E-state index contributed by atoms with van der Waals surface area (Å²) in [5.74, 6) is 0.281. The Kier molecular flexibility index (Phi) is 4.27. The number of carboxylic acids is 1. The average molecular weight is 267 g/mol. The van der Waals surface area contributed by atoms with Crippen molar-refractivity contribution in [1.82, 2.24) is 5.32 Å².